The number of aromatic nitrogens is 3. The van der Waals surface area contributed by atoms with E-state index in [1.165, 1.54) is 6.07 Å². The molecule has 0 amide bonds. The van der Waals surface area contributed by atoms with Crippen LogP contribution in [0.2, 0.25) is 5.02 Å². The molecule has 0 bridgehead atoms. The van der Waals surface area contributed by atoms with E-state index in [4.69, 9.17) is 17.3 Å². The summed E-state index contributed by atoms with van der Waals surface area (Å²) >= 11 is 5.67. The van der Waals surface area contributed by atoms with E-state index >= 15 is 0 Å². The Morgan fingerprint density at radius 2 is 2.25 bits per heavy atom. The molecule has 1 heterocycles. The molecule has 2 aromatic rings. The van der Waals surface area contributed by atoms with Crippen molar-refractivity contribution >= 4 is 11.6 Å². The van der Waals surface area contributed by atoms with Crippen LogP contribution in [0.25, 0.3) is 0 Å². The number of nitrogens with zero attached hydrogens (tertiary/aromatic N) is 2. The minimum absolute atomic E-state index is 0.107. The molecule has 1 aromatic heterocycles. The van der Waals surface area contributed by atoms with Crippen molar-refractivity contribution in [3.05, 3.63) is 46.3 Å². The lowest BCUT2D eigenvalue weighted by Gasteiger charge is -2.01. The maximum atomic E-state index is 13.6. The molecule has 0 fully saturated rings. The van der Waals surface area contributed by atoms with Gasteiger partial charge in [-0.3, -0.25) is 5.10 Å². The molecular formula is C10H10ClFN4. The lowest BCUT2D eigenvalue weighted by molar-refractivity contribution is 0.612. The third kappa shape index (κ3) is 2.20. The standard InChI is InChI=1S/C10H10ClFN4/c11-7-3-1-2-6(10(7)12)4-8-14-9(5-13)16-15-8/h1-3H,4-5,13H2,(H,14,15,16). The summed E-state index contributed by atoms with van der Waals surface area (Å²) in [5, 5.41) is 6.67. The van der Waals surface area contributed by atoms with E-state index in [0.29, 0.717) is 23.6 Å². The highest BCUT2D eigenvalue weighted by Gasteiger charge is 2.09. The van der Waals surface area contributed by atoms with Crippen LogP contribution in [-0.2, 0) is 13.0 Å². The van der Waals surface area contributed by atoms with Crippen molar-refractivity contribution in [1.29, 1.82) is 0 Å². The van der Waals surface area contributed by atoms with Gasteiger partial charge in [0.05, 0.1) is 11.6 Å². The van der Waals surface area contributed by atoms with E-state index in [1.807, 2.05) is 0 Å². The number of nitrogens with one attached hydrogen (secondary N) is 1. The molecule has 84 valence electrons. The first-order valence-electron chi connectivity index (χ1n) is 4.74. The number of aromatic amines is 1. The molecule has 0 aliphatic carbocycles. The topological polar surface area (TPSA) is 67.6 Å². The Hall–Kier alpha value is -1.46. The van der Waals surface area contributed by atoms with Gasteiger partial charge < -0.3 is 5.73 Å². The summed E-state index contributed by atoms with van der Waals surface area (Å²) in [5.74, 6) is 0.661. The van der Waals surface area contributed by atoms with Gasteiger partial charge in [0.25, 0.3) is 0 Å². The number of nitrogens with two attached hydrogens (primary N) is 1. The van der Waals surface area contributed by atoms with Gasteiger partial charge in [-0.05, 0) is 11.6 Å². The Balaban J connectivity index is 2.23. The third-order valence-electron chi connectivity index (χ3n) is 2.15. The number of halogens is 2. The minimum atomic E-state index is -0.421. The Labute approximate surface area is 96.6 Å². The Morgan fingerprint density at radius 1 is 1.44 bits per heavy atom. The van der Waals surface area contributed by atoms with E-state index < -0.39 is 5.82 Å². The molecule has 0 aliphatic heterocycles. The number of H-pyrrole nitrogens is 1. The zero-order valence-corrected chi connectivity index (χ0v) is 9.13. The molecule has 0 aliphatic rings. The first-order valence-corrected chi connectivity index (χ1v) is 5.11. The largest absolute Gasteiger partial charge is 0.324 e. The van der Waals surface area contributed by atoms with Gasteiger partial charge in [-0.2, -0.15) is 5.10 Å². The summed E-state index contributed by atoms with van der Waals surface area (Å²) in [6.07, 6.45) is 0.319. The second-order valence-electron chi connectivity index (χ2n) is 3.29. The number of rotatable bonds is 3. The quantitative estimate of drug-likeness (QED) is 0.857. The maximum Gasteiger partial charge on any atom is 0.164 e. The molecular weight excluding hydrogens is 231 g/mol. The molecule has 0 saturated carbocycles. The normalized spacial score (nSPS) is 10.7. The van der Waals surface area contributed by atoms with E-state index in [1.54, 1.807) is 12.1 Å². The highest BCUT2D eigenvalue weighted by molar-refractivity contribution is 6.30. The highest BCUT2D eigenvalue weighted by Crippen LogP contribution is 2.19. The van der Waals surface area contributed by atoms with Gasteiger partial charge in [0.15, 0.2) is 5.82 Å². The highest BCUT2D eigenvalue weighted by atomic mass is 35.5. The predicted octanol–water partition coefficient (Wildman–Crippen LogP) is 1.65. The monoisotopic (exact) mass is 240 g/mol. The van der Waals surface area contributed by atoms with Crippen molar-refractivity contribution in [3.63, 3.8) is 0 Å². The average Bonchev–Trinajstić information content (AvgIpc) is 2.73. The summed E-state index contributed by atoms with van der Waals surface area (Å²) in [6, 6.07) is 4.86. The molecule has 0 spiro atoms. The van der Waals surface area contributed by atoms with Crippen LogP contribution in [0, 0.1) is 5.82 Å². The van der Waals surface area contributed by atoms with Gasteiger partial charge in [0, 0.05) is 6.42 Å². The van der Waals surface area contributed by atoms with Crippen LogP contribution in [0.5, 0.6) is 0 Å². The second kappa shape index (κ2) is 4.59. The smallest absolute Gasteiger partial charge is 0.164 e. The van der Waals surface area contributed by atoms with Gasteiger partial charge in [-0.1, -0.05) is 23.7 Å². The molecule has 3 N–H and O–H groups in total. The van der Waals surface area contributed by atoms with Gasteiger partial charge >= 0.3 is 0 Å². The van der Waals surface area contributed by atoms with Crippen molar-refractivity contribution in [2.75, 3.05) is 0 Å². The third-order valence-corrected chi connectivity index (χ3v) is 2.44. The summed E-state index contributed by atoms with van der Waals surface area (Å²) in [6.45, 7) is 0.258. The minimum Gasteiger partial charge on any atom is -0.324 e. The Kier molecular flexibility index (Phi) is 3.17. The van der Waals surface area contributed by atoms with Gasteiger partial charge in [-0.25, -0.2) is 9.37 Å². The fraction of sp³-hybridized carbons (Fsp3) is 0.200. The molecule has 0 saturated heterocycles. The van der Waals surface area contributed by atoms with E-state index in [9.17, 15) is 4.39 Å². The van der Waals surface area contributed by atoms with Crippen LogP contribution in [0.4, 0.5) is 4.39 Å². The van der Waals surface area contributed by atoms with Gasteiger partial charge in [0.1, 0.15) is 11.6 Å². The fourth-order valence-electron chi connectivity index (χ4n) is 1.37. The molecule has 16 heavy (non-hydrogen) atoms. The SMILES string of the molecule is NCc1n[nH]c(Cc2cccc(Cl)c2F)n1. The molecule has 4 nitrogen and oxygen atoms in total. The summed E-state index contributed by atoms with van der Waals surface area (Å²) in [7, 11) is 0. The van der Waals surface area contributed by atoms with Crippen molar-refractivity contribution < 1.29 is 4.39 Å². The van der Waals surface area contributed by atoms with Crippen molar-refractivity contribution in [3.8, 4) is 0 Å². The van der Waals surface area contributed by atoms with Crippen LogP contribution in [0.15, 0.2) is 18.2 Å². The van der Waals surface area contributed by atoms with E-state index in [-0.39, 0.29) is 11.6 Å². The van der Waals surface area contributed by atoms with Crippen molar-refractivity contribution in [2.24, 2.45) is 5.73 Å². The summed E-state index contributed by atoms with van der Waals surface area (Å²) in [5.41, 5.74) is 5.85. The van der Waals surface area contributed by atoms with Crippen LogP contribution in [0.1, 0.15) is 17.2 Å². The molecule has 0 unspecified atom stereocenters. The number of hydrogen-bond acceptors (Lipinski definition) is 3. The predicted molar refractivity (Wildman–Crippen MR) is 58.5 cm³/mol. The molecule has 0 atom stereocenters. The average molecular weight is 241 g/mol. The molecule has 1 aromatic carbocycles. The lowest BCUT2D eigenvalue weighted by Crippen LogP contribution is -1.99. The zero-order valence-electron chi connectivity index (χ0n) is 8.37. The fourth-order valence-corrected chi connectivity index (χ4v) is 1.56. The molecule has 6 heteroatoms. The van der Waals surface area contributed by atoms with E-state index in [2.05, 4.69) is 15.2 Å². The van der Waals surface area contributed by atoms with Crippen LogP contribution < -0.4 is 5.73 Å². The first-order chi connectivity index (χ1) is 7.70. The molecule has 0 radical (unpaired) electrons. The Morgan fingerprint density at radius 3 is 2.94 bits per heavy atom. The van der Waals surface area contributed by atoms with Crippen LogP contribution in [0.3, 0.4) is 0 Å². The van der Waals surface area contributed by atoms with Crippen molar-refractivity contribution in [2.45, 2.75) is 13.0 Å². The lowest BCUT2D eigenvalue weighted by atomic mass is 10.1. The summed E-state index contributed by atoms with van der Waals surface area (Å²) < 4.78 is 13.6. The van der Waals surface area contributed by atoms with Gasteiger partial charge in [-0.15, -0.1) is 0 Å². The number of hydrogen-bond donors (Lipinski definition) is 2. The Bertz CT molecular complexity index is 497. The zero-order chi connectivity index (χ0) is 11.5. The second-order valence-corrected chi connectivity index (χ2v) is 3.70. The number of benzene rings is 1. The van der Waals surface area contributed by atoms with E-state index in [0.717, 1.165) is 0 Å². The van der Waals surface area contributed by atoms with Crippen LogP contribution in [-0.4, -0.2) is 15.2 Å². The maximum absolute atomic E-state index is 13.6. The van der Waals surface area contributed by atoms with Crippen LogP contribution >= 0.6 is 11.6 Å². The van der Waals surface area contributed by atoms with Gasteiger partial charge in [0.2, 0.25) is 0 Å². The van der Waals surface area contributed by atoms with Crippen molar-refractivity contribution in [1.82, 2.24) is 15.2 Å². The first kappa shape index (κ1) is 11.0. The summed E-state index contributed by atoms with van der Waals surface area (Å²) in [4.78, 5) is 4.09. The molecule has 2 rings (SSSR count).